The Labute approximate surface area is 195 Å². The van der Waals surface area contributed by atoms with Gasteiger partial charge in [0.2, 0.25) is 0 Å². The van der Waals surface area contributed by atoms with E-state index in [1.807, 2.05) is 36.5 Å². The van der Waals surface area contributed by atoms with Crippen molar-refractivity contribution >= 4 is 5.97 Å². The van der Waals surface area contributed by atoms with Gasteiger partial charge in [-0.1, -0.05) is 90.7 Å². The van der Waals surface area contributed by atoms with Crippen LogP contribution in [0.1, 0.15) is 104 Å². The Morgan fingerprint density at radius 3 is 2.47 bits per heavy atom. The number of nitrogens with zero attached hydrogens (tertiary/aromatic N) is 2. The zero-order valence-corrected chi connectivity index (χ0v) is 20.4. The van der Waals surface area contributed by atoms with Gasteiger partial charge in [0.1, 0.15) is 5.75 Å². The number of carbonyl (C=O) groups excluding carboxylic acids is 1. The molecule has 1 aromatic heterocycles. The molecule has 176 valence electrons. The first-order chi connectivity index (χ1) is 15.6. The first-order valence-corrected chi connectivity index (χ1v) is 12.8. The maximum atomic E-state index is 12.4. The number of ether oxygens (including phenoxy) is 1. The number of rotatable bonds is 16. The van der Waals surface area contributed by atoms with E-state index in [-0.39, 0.29) is 5.97 Å². The number of esters is 1. The van der Waals surface area contributed by atoms with Gasteiger partial charge in [0, 0.05) is 18.3 Å². The molecule has 2 aromatic rings. The SMILES string of the molecule is CCCCCCCCCc1ccnc(-c2ccccc2OC(=O)CCCCC(C)CC)n1. The second-order valence-electron chi connectivity index (χ2n) is 8.97. The molecule has 1 unspecified atom stereocenters. The fourth-order valence-electron chi connectivity index (χ4n) is 3.81. The van der Waals surface area contributed by atoms with E-state index < -0.39 is 0 Å². The summed E-state index contributed by atoms with van der Waals surface area (Å²) >= 11 is 0. The number of para-hydroxylation sites is 1. The van der Waals surface area contributed by atoms with Crippen molar-refractivity contribution in [2.24, 2.45) is 5.92 Å². The van der Waals surface area contributed by atoms with E-state index in [1.165, 1.54) is 51.4 Å². The van der Waals surface area contributed by atoms with Crippen molar-refractivity contribution in [1.29, 1.82) is 0 Å². The lowest BCUT2D eigenvalue weighted by Crippen LogP contribution is -2.09. The van der Waals surface area contributed by atoms with E-state index in [2.05, 4.69) is 25.8 Å². The summed E-state index contributed by atoms with van der Waals surface area (Å²) in [6.07, 6.45) is 16.5. The molecule has 0 aliphatic carbocycles. The van der Waals surface area contributed by atoms with Crippen molar-refractivity contribution in [1.82, 2.24) is 9.97 Å². The minimum absolute atomic E-state index is 0.180. The van der Waals surface area contributed by atoms with Crippen LogP contribution in [0, 0.1) is 5.92 Å². The third-order valence-corrected chi connectivity index (χ3v) is 6.13. The summed E-state index contributed by atoms with van der Waals surface area (Å²) in [6.45, 7) is 6.72. The predicted octanol–water partition coefficient (Wildman–Crippen LogP) is 7.95. The van der Waals surface area contributed by atoms with Gasteiger partial charge in [-0.2, -0.15) is 0 Å². The quantitative estimate of drug-likeness (QED) is 0.152. The first kappa shape index (κ1) is 26.0. The van der Waals surface area contributed by atoms with Crippen molar-refractivity contribution in [3.8, 4) is 17.1 Å². The zero-order chi connectivity index (χ0) is 23.0. The van der Waals surface area contributed by atoms with Crippen LogP contribution in [0.3, 0.4) is 0 Å². The van der Waals surface area contributed by atoms with Gasteiger partial charge in [0.25, 0.3) is 0 Å². The molecule has 1 heterocycles. The highest BCUT2D eigenvalue weighted by Gasteiger charge is 2.13. The molecule has 0 bridgehead atoms. The fourth-order valence-corrected chi connectivity index (χ4v) is 3.81. The summed E-state index contributed by atoms with van der Waals surface area (Å²) in [7, 11) is 0. The van der Waals surface area contributed by atoms with Gasteiger partial charge in [-0.3, -0.25) is 4.79 Å². The summed E-state index contributed by atoms with van der Waals surface area (Å²) in [5.74, 6) is 1.72. The monoisotopic (exact) mass is 438 g/mol. The molecule has 0 aliphatic heterocycles. The highest BCUT2D eigenvalue weighted by molar-refractivity contribution is 5.76. The summed E-state index contributed by atoms with van der Waals surface area (Å²) in [6, 6.07) is 9.58. The molecular weight excluding hydrogens is 396 g/mol. The van der Waals surface area contributed by atoms with Crippen LogP contribution >= 0.6 is 0 Å². The number of hydrogen-bond acceptors (Lipinski definition) is 4. The van der Waals surface area contributed by atoms with Crippen molar-refractivity contribution in [2.45, 2.75) is 104 Å². The Balaban J connectivity index is 1.88. The number of aromatic nitrogens is 2. The highest BCUT2D eigenvalue weighted by atomic mass is 16.5. The van der Waals surface area contributed by atoms with Crippen LogP contribution in [-0.4, -0.2) is 15.9 Å². The molecule has 0 radical (unpaired) electrons. The van der Waals surface area contributed by atoms with Crippen molar-refractivity contribution in [3.05, 3.63) is 42.2 Å². The summed E-state index contributed by atoms with van der Waals surface area (Å²) in [5.41, 5.74) is 1.83. The molecule has 4 nitrogen and oxygen atoms in total. The van der Waals surface area contributed by atoms with Crippen LogP contribution in [0.5, 0.6) is 5.75 Å². The van der Waals surface area contributed by atoms with Gasteiger partial charge in [0.15, 0.2) is 5.82 Å². The van der Waals surface area contributed by atoms with E-state index in [0.29, 0.717) is 18.0 Å². The van der Waals surface area contributed by atoms with Crippen molar-refractivity contribution in [3.63, 3.8) is 0 Å². The minimum atomic E-state index is -0.180. The van der Waals surface area contributed by atoms with Crippen LogP contribution in [0.4, 0.5) is 0 Å². The molecule has 0 aliphatic rings. The van der Waals surface area contributed by atoms with Crippen LogP contribution in [0.25, 0.3) is 11.4 Å². The van der Waals surface area contributed by atoms with Crippen LogP contribution in [0.15, 0.2) is 36.5 Å². The van der Waals surface area contributed by atoms with Crippen LogP contribution < -0.4 is 4.74 Å². The topological polar surface area (TPSA) is 52.1 Å². The van der Waals surface area contributed by atoms with Gasteiger partial charge in [0.05, 0.1) is 5.56 Å². The number of carbonyl (C=O) groups is 1. The molecule has 0 fully saturated rings. The fraction of sp³-hybridized carbons (Fsp3) is 0.607. The minimum Gasteiger partial charge on any atom is -0.426 e. The lowest BCUT2D eigenvalue weighted by molar-refractivity contribution is -0.134. The van der Waals surface area contributed by atoms with Crippen LogP contribution in [-0.2, 0) is 11.2 Å². The van der Waals surface area contributed by atoms with Crippen LogP contribution in [0.2, 0.25) is 0 Å². The van der Waals surface area contributed by atoms with E-state index in [1.54, 1.807) is 0 Å². The molecule has 0 saturated heterocycles. The Kier molecular flexibility index (Phi) is 12.6. The Bertz CT molecular complexity index is 791. The van der Waals surface area contributed by atoms with E-state index >= 15 is 0 Å². The molecule has 0 N–H and O–H groups in total. The van der Waals surface area contributed by atoms with Crippen molar-refractivity contribution < 1.29 is 9.53 Å². The van der Waals surface area contributed by atoms with E-state index in [0.717, 1.165) is 42.9 Å². The second kappa shape index (κ2) is 15.6. The van der Waals surface area contributed by atoms with Gasteiger partial charge >= 0.3 is 5.97 Å². The molecule has 0 saturated carbocycles. The van der Waals surface area contributed by atoms with Gasteiger partial charge < -0.3 is 4.74 Å². The zero-order valence-electron chi connectivity index (χ0n) is 20.4. The van der Waals surface area contributed by atoms with Gasteiger partial charge in [-0.25, -0.2) is 9.97 Å². The number of benzene rings is 1. The molecule has 0 spiro atoms. The molecule has 1 atom stereocenters. The molecule has 4 heteroatoms. The number of unbranched alkanes of at least 4 members (excludes halogenated alkanes) is 7. The molecule has 2 rings (SSSR count). The van der Waals surface area contributed by atoms with E-state index in [4.69, 9.17) is 9.72 Å². The summed E-state index contributed by atoms with van der Waals surface area (Å²) < 4.78 is 5.70. The third kappa shape index (κ3) is 9.93. The third-order valence-electron chi connectivity index (χ3n) is 6.13. The lowest BCUT2D eigenvalue weighted by Gasteiger charge is -2.11. The Morgan fingerprint density at radius 1 is 0.938 bits per heavy atom. The van der Waals surface area contributed by atoms with Crippen molar-refractivity contribution in [2.75, 3.05) is 0 Å². The van der Waals surface area contributed by atoms with E-state index in [9.17, 15) is 4.79 Å². The standard InChI is InChI=1S/C28H42N2O2/c1-4-6-7-8-9-10-11-17-24-21-22-29-28(30-24)25-18-13-14-19-26(25)32-27(31)20-15-12-16-23(3)5-2/h13-14,18-19,21-23H,4-12,15-17,20H2,1-3H3. The molecular formula is C28H42N2O2. The maximum Gasteiger partial charge on any atom is 0.311 e. The highest BCUT2D eigenvalue weighted by Crippen LogP contribution is 2.28. The summed E-state index contributed by atoms with van der Waals surface area (Å²) in [5, 5.41) is 0. The molecule has 0 amide bonds. The first-order valence-electron chi connectivity index (χ1n) is 12.8. The average Bonchev–Trinajstić information content (AvgIpc) is 2.81. The summed E-state index contributed by atoms with van der Waals surface area (Å²) in [4.78, 5) is 21.6. The molecule has 32 heavy (non-hydrogen) atoms. The average molecular weight is 439 g/mol. The Hall–Kier alpha value is -2.23. The maximum absolute atomic E-state index is 12.4. The Morgan fingerprint density at radius 2 is 1.69 bits per heavy atom. The largest absolute Gasteiger partial charge is 0.426 e. The number of aryl methyl sites for hydroxylation is 1. The smallest absolute Gasteiger partial charge is 0.311 e. The normalized spacial score (nSPS) is 12.0. The second-order valence-corrected chi connectivity index (χ2v) is 8.97. The predicted molar refractivity (Wildman–Crippen MR) is 133 cm³/mol. The molecule has 1 aromatic carbocycles. The van der Waals surface area contributed by atoms with Gasteiger partial charge in [-0.15, -0.1) is 0 Å². The lowest BCUT2D eigenvalue weighted by atomic mass is 10.0. The number of hydrogen-bond donors (Lipinski definition) is 0. The van der Waals surface area contributed by atoms with Gasteiger partial charge in [-0.05, 0) is 43.4 Å².